The molecule has 0 amide bonds. The van der Waals surface area contributed by atoms with Crippen molar-refractivity contribution in [2.75, 3.05) is 14.2 Å². The number of methoxy groups -OCH3 is 2. The normalized spacial score (nSPS) is 15.7. The van der Waals surface area contributed by atoms with Crippen LogP contribution < -0.4 is 14.2 Å². The molecule has 1 atom stereocenters. The molecule has 0 spiro atoms. The number of benzene rings is 2. The fourth-order valence-electron chi connectivity index (χ4n) is 4.06. The van der Waals surface area contributed by atoms with Crippen LogP contribution in [0.2, 0.25) is 5.02 Å². The van der Waals surface area contributed by atoms with Gasteiger partial charge in [-0.05, 0) is 50.6 Å². The predicted octanol–water partition coefficient (Wildman–Crippen LogP) is 4.02. The van der Waals surface area contributed by atoms with Gasteiger partial charge in [-0.1, -0.05) is 17.7 Å². The fraction of sp³-hybridized carbons (Fsp3) is 0.250. The summed E-state index contributed by atoms with van der Waals surface area (Å²) in [5.74, 6) is -2.00. The number of ketones is 1. The van der Waals surface area contributed by atoms with Gasteiger partial charge in [0, 0.05) is 29.0 Å². The number of nitrogens with zero attached hydrogens (tertiary/aromatic N) is 1. The summed E-state index contributed by atoms with van der Waals surface area (Å²) < 4.78 is 41.3. The molecule has 0 radical (unpaired) electrons. The smallest absolute Gasteiger partial charge is 0.339 e. The first-order valence-electron chi connectivity index (χ1n) is 10.7. The number of rotatable bonds is 8. The number of carbonyl (C=O) groups is 2. The summed E-state index contributed by atoms with van der Waals surface area (Å²) in [4.78, 5) is 35.1. The zero-order valence-electron chi connectivity index (χ0n) is 20.4. The van der Waals surface area contributed by atoms with Crippen molar-refractivity contribution >= 4 is 39.2 Å². The lowest BCUT2D eigenvalue weighted by atomic mass is 9.79. The van der Waals surface area contributed by atoms with Gasteiger partial charge >= 0.3 is 16.1 Å². The van der Waals surface area contributed by atoms with E-state index < -0.39 is 37.5 Å². The van der Waals surface area contributed by atoms with E-state index >= 15 is 0 Å². The van der Waals surface area contributed by atoms with Crippen LogP contribution in [-0.2, 0) is 24.4 Å². The van der Waals surface area contributed by atoms with Crippen molar-refractivity contribution in [2.45, 2.75) is 31.6 Å². The summed E-state index contributed by atoms with van der Waals surface area (Å²) >= 11 is 5.77. The van der Waals surface area contributed by atoms with Gasteiger partial charge in [-0.15, -0.1) is 0 Å². The van der Waals surface area contributed by atoms with Crippen molar-refractivity contribution in [1.82, 2.24) is 5.32 Å². The number of nitro groups is 1. The first-order valence-corrected chi connectivity index (χ1v) is 12.4. The van der Waals surface area contributed by atoms with Crippen LogP contribution >= 0.6 is 11.6 Å². The minimum atomic E-state index is -4.53. The van der Waals surface area contributed by atoms with Gasteiger partial charge < -0.3 is 19.0 Å². The van der Waals surface area contributed by atoms with Crippen molar-refractivity contribution in [3.63, 3.8) is 0 Å². The van der Waals surface area contributed by atoms with E-state index in [9.17, 15) is 28.1 Å². The molecule has 0 unspecified atom stereocenters. The zero-order valence-corrected chi connectivity index (χ0v) is 22.0. The summed E-state index contributed by atoms with van der Waals surface area (Å²) in [5.41, 5.74) is 1.41. The molecule has 1 N–H and O–H groups in total. The number of nitrogens with one attached hydrogen (secondary N) is 1. The Kier molecular flexibility index (Phi) is 7.94. The third-order valence-corrected chi connectivity index (χ3v) is 7.22. The summed E-state index contributed by atoms with van der Waals surface area (Å²) in [7, 11) is -2.02. The van der Waals surface area contributed by atoms with E-state index in [4.69, 9.17) is 25.3 Å². The summed E-state index contributed by atoms with van der Waals surface area (Å²) in [5, 5.41) is 14.0. The SMILES string of the molecule is COC(=O)C1=C(C)NC(C)=C(C(C)=O)[C@H]1c1ccc(OS(=O)(=O)c2ccc(Cl)c([N+](=O)[O-])c2)c(OC)c1. The Morgan fingerprint density at radius 3 is 2.24 bits per heavy atom. The monoisotopic (exact) mass is 550 g/mol. The molecule has 0 aliphatic carbocycles. The van der Waals surface area contributed by atoms with Crippen LogP contribution in [0.4, 0.5) is 5.69 Å². The van der Waals surface area contributed by atoms with E-state index in [1.165, 1.54) is 39.3 Å². The second-order valence-corrected chi connectivity index (χ2v) is 9.95. The van der Waals surface area contributed by atoms with Crippen LogP contribution in [0.1, 0.15) is 32.3 Å². The Hall–Kier alpha value is -3.90. The highest BCUT2D eigenvalue weighted by Crippen LogP contribution is 2.42. The Labute approximate surface area is 217 Å². The van der Waals surface area contributed by atoms with Gasteiger partial charge in [-0.25, -0.2) is 4.79 Å². The average Bonchev–Trinajstić information content (AvgIpc) is 2.82. The summed E-state index contributed by atoms with van der Waals surface area (Å²) in [6.07, 6.45) is 0. The van der Waals surface area contributed by atoms with Gasteiger partial charge in [0.15, 0.2) is 17.3 Å². The standard InChI is InChI=1S/C24H23ClN2O9S/c1-12-21(14(3)28)23(22(13(2)26-12)24(29)35-5)15-6-9-19(20(10-15)34-4)36-37(32,33)16-7-8-17(25)18(11-16)27(30)31/h6-11,23,26H,1-5H3/t23-/m1/s1. The predicted molar refractivity (Wildman–Crippen MR) is 133 cm³/mol. The molecule has 0 fully saturated rings. The summed E-state index contributed by atoms with van der Waals surface area (Å²) in [6, 6.07) is 7.17. The fourth-order valence-corrected chi connectivity index (χ4v) is 5.21. The molecule has 1 aliphatic rings. The first kappa shape index (κ1) is 27.7. The van der Waals surface area contributed by atoms with Gasteiger partial charge in [0.05, 0.1) is 24.7 Å². The molecule has 0 saturated carbocycles. The third kappa shape index (κ3) is 5.44. The Balaban J connectivity index is 2.10. The number of dihydropyridines is 1. The number of esters is 1. The van der Waals surface area contributed by atoms with E-state index in [0.29, 0.717) is 22.5 Å². The number of hydrogen-bond acceptors (Lipinski definition) is 10. The van der Waals surface area contributed by atoms with Crippen LogP contribution in [0.3, 0.4) is 0 Å². The molecule has 0 saturated heterocycles. The first-order chi connectivity index (χ1) is 17.3. The average molecular weight is 551 g/mol. The van der Waals surface area contributed by atoms with Gasteiger partial charge in [0.1, 0.15) is 9.92 Å². The van der Waals surface area contributed by atoms with Crippen LogP contribution in [0.15, 0.2) is 63.8 Å². The zero-order chi connectivity index (χ0) is 27.7. The third-order valence-electron chi connectivity index (χ3n) is 5.67. The second-order valence-electron chi connectivity index (χ2n) is 8.00. The maximum atomic E-state index is 12.9. The number of nitro benzene ring substituents is 1. The second kappa shape index (κ2) is 10.6. The lowest BCUT2D eigenvalue weighted by Crippen LogP contribution is -2.31. The largest absolute Gasteiger partial charge is 0.493 e. The number of Topliss-reactive ketones (excluding diaryl/α,β-unsaturated/α-hetero) is 1. The van der Waals surface area contributed by atoms with E-state index in [0.717, 1.165) is 18.2 Å². The van der Waals surface area contributed by atoms with Gasteiger partial charge in [-0.3, -0.25) is 14.9 Å². The van der Waals surface area contributed by atoms with Crippen LogP contribution in [0.25, 0.3) is 0 Å². The van der Waals surface area contributed by atoms with Crippen LogP contribution in [-0.4, -0.2) is 39.3 Å². The molecular weight excluding hydrogens is 528 g/mol. The number of hydrogen-bond donors (Lipinski definition) is 1. The minimum Gasteiger partial charge on any atom is -0.493 e. The molecule has 1 aliphatic heterocycles. The van der Waals surface area contributed by atoms with Gasteiger partial charge in [-0.2, -0.15) is 8.42 Å². The van der Waals surface area contributed by atoms with Crippen LogP contribution in [0, 0.1) is 10.1 Å². The number of halogens is 1. The number of carbonyl (C=O) groups excluding carboxylic acids is 2. The molecule has 0 bridgehead atoms. The van der Waals surface area contributed by atoms with Crippen molar-refractivity contribution in [3.05, 3.63) is 79.6 Å². The van der Waals surface area contributed by atoms with E-state index in [1.54, 1.807) is 13.8 Å². The van der Waals surface area contributed by atoms with Crippen molar-refractivity contribution in [2.24, 2.45) is 0 Å². The Morgan fingerprint density at radius 1 is 1.03 bits per heavy atom. The van der Waals surface area contributed by atoms with E-state index in [1.807, 2.05) is 0 Å². The Bertz CT molecular complexity index is 1480. The van der Waals surface area contributed by atoms with Crippen LogP contribution in [0.5, 0.6) is 11.5 Å². The number of allylic oxidation sites excluding steroid dienone is 3. The van der Waals surface area contributed by atoms with Crippen molar-refractivity contribution in [3.8, 4) is 11.5 Å². The summed E-state index contributed by atoms with van der Waals surface area (Å²) in [6.45, 7) is 4.75. The molecule has 1 heterocycles. The van der Waals surface area contributed by atoms with Gasteiger partial charge in [0.2, 0.25) is 0 Å². The minimum absolute atomic E-state index is 0.0227. The number of ether oxygens (including phenoxy) is 2. The Morgan fingerprint density at radius 2 is 1.68 bits per heavy atom. The van der Waals surface area contributed by atoms with Gasteiger partial charge in [0.25, 0.3) is 5.69 Å². The van der Waals surface area contributed by atoms with E-state index in [-0.39, 0.29) is 27.9 Å². The topological polar surface area (TPSA) is 151 Å². The molecule has 13 heteroatoms. The highest BCUT2D eigenvalue weighted by atomic mass is 35.5. The lowest BCUT2D eigenvalue weighted by molar-refractivity contribution is -0.384. The molecule has 2 aromatic carbocycles. The molecule has 3 rings (SSSR count). The molecule has 196 valence electrons. The lowest BCUT2D eigenvalue weighted by Gasteiger charge is -2.30. The highest BCUT2D eigenvalue weighted by Gasteiger charge is 2.36. The van der Waals surface area contributed by atoms with Crippen molar-refractivity contribution < 1.29 is 36.6 Å². The van der Waals surface area contributed by atoms with Crippen molar-refractivity contribution in [1.29, 1.82) is 0 Å². The molecule has 0 aromatic heterocycles. The molecule has 11 nitrogen and oxygen atoms in total. The highest BCUT2D eigenvalue weighted by molar-refractivity contribution is 7.87. The molecule has 2 aromatic rings. The maximum Gasteiger partial charge on any atom is 0.339 e. The maximum absolute atomic E-state index is 12.9. The molecular formula is C24H23ClN2O9S. The quantitative estimate of drug-likeness (QED) is 0.221. The van der Waals surface area contributed by atoms with E-state index in [2.05, 4.69) is 5.32 Å². The molecule has 37 heavy (non-hydrogen) atoms.